The zero-order chi connectivity index (χ0) is 25.1. The second-order valence-corrected chi connectivity index (χ2v) is 10.2. The Hall–Kier alpha value is -2.69. The molecular formula is C23H20ClF3N2O3S2. The maximum absolute atomic E-state index is 13.1. The van der Waals surface area contributed by atoms with Gasteiger partial charge in [-0.25, -0.2) is 8.42 Å². The molecule has 0 unspecified atom stereocenters. The number of hydrogen-bond acceptors (Lipinski definition) is 4. The number of sulfonamides is 1. The van der Waals surface area contributed by atoms with Crippen molar-refractivity contribution >= 4 is 50.7 Å². The molecule has 0 fully saturated rings. The molecule has 5 nitrogen and oxygen atoms in total. The lowest BCUT2D eigenvalue weighted by Gasteiger charge is -2.23. The van der Waals surface area contributed by atoms with Gasteiger partial charge in [0.2, 0.25) is 0 Å². The molecule has 3 rings (SSSR count). The highest BCUT2D eigenvalue weighted by Crippen LogP contribution is 2.36. The third-order valence-corrected chi connectivity index (χ3v) is 7.87. The molecule has 3 aromatic carbocycles. The first-order valence-electron chi connectivity index (χ1n) is 9.92. The van der Waals surface area contributed by atoms with Gasteiger partial charge in [-0.1, -0.05) is 11.6 Å². The average molecular weight is 529 g/mol. The molecule has 0 saturated heterocycles. The predicted molar refractivity (Wildman–Crippen MR) is 129 cm³/mol. The van der Waals surface area contributed by atoms with Crippen molar-refractivity contribution in [2.24, 2.45) is 0 Å². The summed E-state index contributed by atoms with van der Waals surface area (Å²) in [6.45, 7) is 1.84. The second-order valence-electron chi connectivity index (χ2n) is 7.04. The van der Waals surface area contributed by atoms with Crippen LogP contribution in [0.1, 0.15) is 22.8 Å². The fourth-order valence-electron chi connectivity index (χ4n) is 3.17. The van der Waals surface area contributed by atoms with E-state index in [4.69, 9.17) is 11.6 Å². The summed E-state index contributed by atoms with van der Waals surface area (Å²) in [5.41, 5.74) is -0.641. The topological polar surface area (TPSA) is 66.5 Å². The molecule has 0 radical (unpaired) electrons. The molecule has 34 heavy (non-hydrogen) atoms. The van der Waals surface area contributed by atoms with E-state index in [-0.39, 0.29) is 22.7 Å². The number of carbonyl (C=O) groups excluding carboxylic acids is 1. The van der Waals surface area contributed by atoms with E-state index >= 15 is 0 Å². The van der Waals surface area contributed by atoms with Gasteiger partial charge in [0.1, 0.15) is 0 Å². The molecular weight excluding hydrogens is 509 g/mol. The van der Waals surface area contributed by atoms with E-state index in [2.05, 4.69) is 5.32 Å². The average Bonchev–Trinajstić information content (AvgIpc) is 2.80. The number of benzene rings is 3. The van der Waals surface area contributed by atoms with Gasteiger partial charge >= 0.3 is 6.18 Å². The summed E-state index contributed by atoms with van der Waals surface area (Å²) in [4.78, 5) is 13.6. The highest BCUT2D eigenvalue weighted by Gasteiger charge is 2.33. The van der Waals surface area contributed by atoms with E-state index in [1.54, 1.807) is 19.1 Å². The molecule has 0 heterocycles. The fraction of sp³-hybridized carbons (Fsp3) is 0.174. The van der Waals surface area contributed by atoms with Gasteiger partial charge < -0.3 is 5.32 Å². The maximum atomic E-state index is 13.1. The van der Waals surface area contributed by atoms with E-state index < -0.39 is 32.7 Å². The Morgan fingerprint density at radius 1 is 1.03 bits per heavy atom. The molecule has 0 atom stereocenters. The molecule has 0 aliphatic carbocycles. The van der Waals surface area contributed by atoms with Crippen LogP contribution in [-0.2, 0) is 16.2 Å². The van der Waals surface area contributed by atoms with Gasteiger partial charge in [0.25, 0.3) is 15.9 Å². The first kappa shape index (κ1) is 25.9. The summed E-state index contributed by atoms with van der Waals surface area (Å²) in [6.07, 6.45) is -2.77. The molecule has 1 N–H and O–H groups in total. The molecule has 11 heteroatoms. The van der Waals surface area contributed by atoms with E-state index in [0.29, 0.717) is 5.69 Å². The minimum atomic E-state index is -4.66. The van der Waals surface area contributed by atoms with Gasteiger partial charge in [0.05, 0.1) is 21.2 Å². The van der Waals surface area contributed by atoms with Crippen molar-refractivity contribution in [2.75, 3.05) is 22.4 Å². The summed E-state index contributed by atoms with van der Waals surface area (Å²) in [5, 5.41) is 1.92. The van der Waals surface area contributed by atoms with Crippen molar-refractivity contribution in [3.63, 3.8) is 0 Å². The quantitative estimate of drug-likeness (QED) is 0.353. The van der Waals surface area contributed by atoms with Crippen LogP contribution in [0.4, 0.5) is 24.5 Å². The number of carbonyl (C=O) groups is 1. The largest absolute Gasteiger partial charge is 0.417 e. The van der Waals surface area contributed by atoms with Crippen molar-refractivity contribution < 1.29 is 26.4 Å². The second kappa shape index (κ2) is 10.3. The van der Waals surface area contributed by atoms with Crippen molar-refractivity contribution in [1.29, 1.82) is 0 Å². The minimum Gasteiger partial charge on any atom is -0.322 e. The first-order chi connectivity index (χ1) is 16.0. The Morgan fingerprint density at radius 3 is 2.18 bits per heavy atom. The van der Waals surface area contributed by atoms with E-state index in [1.807, 2.05) is 6.26 Å². The van der Waals surface area contributed by atoms with Crippen molar-refractivity contribution in [3.05, 3.63) is 82.9 Å². The molecule has 0 aliphatic rings. The Balaban J connectivity index is 1.81. The van der Waals surface area contributed by atoms with E-state index in [1.165, 1.54) is 58.5 Å². The first-order valence-corrected chi connectivity index (χ1v) is 13.0. The van der Waals surface area contributed by atoms with Crippen LogP contribution in [0.25, 0.3) is 0 Å². The highest BCUT2D eigenvalue weighted by molar-refractivity contribution is 7.98. The third-order valence-electron chi connectivity index (χ3n) is 4.88. The van der Waals surface area contributed by atoms with Crippen LogP contribution >= 0.6 is 23.4 Å². The molecule has 0 bridgehead atoms. The van der Waals surface area contributed by atoms with Crippen LogP contribution < -0.4 is 9.62 Å². The standard InChI is InChI=1S/C23H20ClF3N2O3S2/c1-3-29(34(31,32)19-11-9-18(33-2)10-12-19)17-7-4-15(5-8-17)22(30)28-16-6-13-21(24)20(14-16)23(25,26)27/h4-14H,3H2,1-2H3,(H,28,30). The van der Waals surface area contributed by atoms with Crippen LogP contribution in [-0.4, -0.2) is 27.1 Å². The molecule has 0 saturated carbocycles. The number of thioether (sulfide) groups is 1. The SMILES string of the molecule is CCN(c1ccc(C(=O)Nc2ccc(Cl)c(C(F)(F)F)c2)cc1)S(=O)(=O)c1ccc(SC)cc1. The number of alkyl halides is 3. The number of nitrogens with one attached hydrogen (secondary N) is 1. The number of rotatable bonds is 7. The van der Waals surface area contributed by atoms with Crippen LogP contribution in [0.3, 0.4) is 0 Å². The molecule has 1 amide bonds. The van der Waals surface area contributed by atoms with Gasteiger partial charge in [-0.05, 0) is 79.9 Å². The maximum Gasteiger partial charge on any atom is 0.417 e. The number of hydrogen-bond donors (Lipinski definition) is 1. The fourth-order valence-corrected chi connectivity index (χ4v) is 5.28. The normalized spacial score (nSPS) is 11.8. The van der Waals surface area contributed by atoms with Gasteiger partial charge in [0.15, 0.2) is 0 Å². The summed E-state index contributed by atoms with van der Waals surface area (Å²) in [6, 6.07) is 15.3. The summed E-state index contributed by atoms with van der Waals surface area (Å²) >= 11 is 7.10. The molecule has 0 aromatic heterocycles. The van der Waals surface area contributed by atoms with Crippen LogP contribution in [0.15, 0.2) is 76.5 Å². The molecule has 180 valence electrons. The van der Waals surface area contributed by atoms with Crippen LogP contribution in [0, 0.1) is 0 Å². The monoisotopic (exact) mass is 528 g/mol. The van der Waals surface area contributed by atoms with Gasteiger partial charge in [0, 0.05) is 22.7 Å². The van der Waals surface area contributed by atoms with Gasteiger partial charge in [-0.3, -0.25) is 9.10 Å². The van der Waals surface area contributed by atoms with Crippen molar-refractivity contribution in [3.8, 4) is 0 Å². The molecule has 0 spiro atoms. The molecule has 3 aromatic rings. The zero-order valence-electron chi connectivity index (χ0n) is 18.1. The van der Waals surface area contributed by atoms with Gasteiger partial charge in [-0.2, -0.15) is 13.2 Å². The van der Waals surface area contributed by atoms with Crippen LogP contribution in [0.5, 0.6) is 0 Å². The lowest BCUT2D eigenvalue weighted by Crippen LogP contribution is -2.30. The zero-order valence-corrected chi connectivity index (χ0v) is 20.4. The van der Waals surface area contributed by atoms with Crippen molar-refractivity contribution in [1.82, 2.24) is 0 Å². The highest BCUT2D eigenvalue weighted by atomic mass is 35.5. The molecule has 0 aliphatic heterocycles. The Labute approximate surface area is 205 Å². The summed E-state index contributed by atoms with van der Waals surface area (Å²) in [5.74, 6) is -0.652. The minimum absolute atomic E-state index is 0.0720. The third kappa shape index (κ3) is 5.68. The Kier molecular flexibility index (Phi) is 7.84. The lowest BCUT2D eigenvalue weighted by molar-refractivity contribution is -0.137. The predicted octanol–water partition coefficient (Wildman–Crippen LogP) is 6.55. The van der Waals surface area contributed by atoms with Crippen molar-refractivity contribution in [2.45, 2.75) is 22.9 Å². The number of halogens is 4. The summed E-state index contributed by atoms with van der Waals surface area (Å²) < 4.78 is 66.6. The van der Waals surface area contributed by atoms with E-state index in [9.17, 15) is 26.4 Å². The van der Waals surface area contributed by atoms with Crippen LogP contribution in [0.2, 0.25) is 5.02 Å². The van der Waals surface area contributed by atoms with Gasteiger partial charge in [-0.15, -0.1) is 11.8 Å². The van der Waals surface area contributed by atoms with E-state index in [0.717, 1.165) is 17.0 Å². The number of nitrogens with zero attached hydrogens (tertiary/aromatic N) is 1. The lowest BCUT2D eigenvalue weighted by atomic mass is 10.1. The summed E-state index contributed by atoms with van der Waals surface area (Å²) in [7, 11) is -3.83. The number of amides is 1. The Morgan fingerprint density at radius 2 is 1.65 bits per heavy atom. The Bertz CT molecular complexity index is 1280. The number of anilines is 2. The smallest absolute Gasteiger partial charge is 0.322 e.